The number of rotatable bonds is 7. The molecule has 1 aromatic rings. The number of unbranched alkanes of at least 4 members (excludes halogenated alkanes) is 1. The molecule has 0 aliphatic rings. The molecule has 1 unspecified atom stereocenters. The van der Waals surface area contributed by atoms with Crippen LogP contribution in [0.3, 0.4) is 0 Å². The standard InChI is InChI=1S/C13H19ClN2OS/c1-10(13(17)16-9-5-4-8-15)18-12-7-3-2-6-11(12)14/h2-3,6-7,10H,4-5,8-9,15H2,1H3,(H,16,17). The molecule has 0 fully saturated rings. The smallest absolute Gasteiger partial charge is 0.233 e. The lowest BCUT2D eigenvalue weighted by atomic mass is 10.3. The van der Waals surface area contributed by atoms with Gasteiger partial charge in [-0.15, -0.1) is 11.8 Å². The van der Waals surface area contributed by atoms with Crippen LogP contribution in [0.4, 0.5) is 0 Å². The average Bonchev–Trinajstić information content (AvgIpc) is 2.37. The fourth-order valence-corrected chi connectivity index (χ4v) is 2.59. The van der Waals surface area contributed by atoms with E-state index in [0.29, 0.717) is 18.1 Å². The SMILES string of the molecule is CC(Sc1ccccc1Cl)C(=O)NCCCCN. The molecule has 1 atom stereocenters. The van der Waals surface area contributed by atoms with Crippen LogP contribution in [0.25, 0.3) is 0 Å². The number of halogens is 1. The third kappa shape index (κ3) is 5.29. The van der Waals surface area contributed by atoms with Gasteiger partial charge in [0.05, 0.1) is 10.3 Å². The number of carbonyl (C=O) groups is 1. The Bertz CT molecular complexity index is 387. The van der Waals surface area contributed by atoms with Gasteiger partial charge in [0, 0.05) is 11.4 Å². The number of nitrogens with one attached hydrogen (secondary N) is 1. The molecule has 1 rings (SSSR count). The Kier molecular flexibility index (Phi) is 7.16. The summed E-state index contributed by atoms with van der Waals surface area (Å²) in [6, 6.07) is 7.55. The van der Waals surface area contributed by atoms with Crippen molar-refractivity contribution in [3.63, 3.8) is 0 Å². The van der Waals surface area contributed by atoms with Gasteiger partial charge in [0.15, 0.2) is 0 Å². The van der Waals surface area contributed by atoms with Gasteiger partial charge in [-0.2, -0.15) is 0 Å². The summed E-state index contributed by atoms with van der Waals surface area (Å²) in [6.07, 6.45) is 1.86. The van der Waals surface area contributed by atoms with E-state index in [-0.39, 0.29) is 11.2 Å². The lowest BCUT2D eigenvalue weighted by molar-refractivity contribution is -0.120. The van der Waals surface area contributed by atoms with Crippen molar-refractivity contribution in [2.75, 3.05) is 13.1 Å². The first-order chi connectivity index (χ1) is 8.65. The van der Waals surface area contributed by atoms with Crippen LogP contribution in [0.2, 0.25) is 5.02 Å². The molecule has 0 aliphatic carbocycles. The van der Waals surface area contributed by atoms with Crippen molar-refractivity contribution in [1.29, 1.82) is 0 Å². The number of nitrogens with two attached hydrogens (primary N) is 1. The van der Waals surface area contributed by atoms with Crippen molar-refractivity contribution in [2.24, 2.45) is 5.73 Å². The molecule has 3 N–H and O–H groups in total. The Labute approximate surface area is 117 Å². The molecular formula is C13H19ClN2OS. The van der Waals surface area contributed by atoms with Crippen molar-refractivity contribution in [3.8, 4) is 0 Å². The van der Waals surface area contributed by atoms with E-state index in [1.165, 1.54) is 11.8 Å². The Hall–Kier alpha value is -0.710. The van der Waals surface area contributed by atoms with Crippen LogP contribution < -0.4 is 11.1 Å². The molecule has 3 nitrogen and oxygen atoms in total. The van der Waals surface area contributed by atoms with Crippen molar-refractivity contribution >= 4 is 29.3 Å². The highest BCUT2D eigenvalue weighted by atomic mass is 35.5. The second kappa shape index (κ2) is 8.40. The summed E-state index contributed by atoms with van der Waals surface area (Å²) in [5, 5.41) is 3.43. The maximum absolute atomic E-state index is 11.8. The van der Waals surface area contributed by atoms with E-state index in [4.69, 9.17) is 17.3 Å². The van der Waals surface area contributed by atoms with Gasteiger partial charge < -0.3 is 11.1 Å². The van der Waals surface area contributed by atoms with Gasteiger partial charge in [-0.25, -0.2) is 0 Å². The minimum absolute atomic E-state index is 0.0388. The highest BCUT2D eigenvalue weighted by Crippen LogP contribution is 2.29. The zero-order valence-corrected chi connectivity index (χ0v) is 12.1. The number of thioether (sulfide) groups is 1. The minimum Gasteiger partial charge on any atom is -0.355 e. The topological polar surface area (TPSA) is 55.1 Å². The van der Waals surface area contributed by atoms with Crippen LogP contribution in [-0.4, -0.2) is 24.2 Å². The second-order valence-electron chi connectivity index (χ2n) is 3.98. The molecule has 18 heavy (non-hydrogen) atoms. The maximum atomic E-state index is 11.8. The highest BCUT2D eigenvalue weighted by molar-refractivity contribution is 8.00. The summed E-state index contributed by atoms with van der Waals surface area (Å²) >= 11 is 7.53. The van der Waals surface area contributed by atoms with Gasteiger partial charge in [0.2, 0.25) is 5.91 Å². The van der Waals surface area contributed by atoms with E-state index >= 15 is 0 Å². The summed E-state index contributed by atoms with van der Waals surface area (Å²) in [5.74, 6) is 0.0388. The van der Waals surface area contributed by atoms with Crippen LogP contribution >= 0.6 is 23.4 Å². The van der Waals surface area contributed by atoms with E-state index in [2.05, 4.69) is 5.32 Å². The summed E-state index contributed by atoms with van der Waals surface area (Å²) < 4.78 is 0. The molecule has 0 saturated carbocycles. The number of hydrogen-bond acceptors (Lipinski definition) is 3. The summed E-state index contributed by atoms with van der Waals surface area (Å²) in [4.78, 5) is 12.7. The molecular weight excluding hydrogens is 268 g/mol. The molecule has 0 aliphatic heterocycles. The third-order valence-electron chi connectivity index (χ3n) is 2.44. The molecule has 0 spiro atoms. The molecule has 100 valence electrons. The monoisotopic (exact) mass is 286 g/mol. The lowest BCUT2D eigenvalue weighted by Crippen LogP contribution is -2.31. The van der Waals surface area contributed by atoms with Gasteiger partial charge in [-0.3, -0.25) is 4.79 Å². The summed E-state index contributed by atoms with van der Waals surface area (Å²) in [5.41, 5.74) is 5.39. The fourth-order valence-electron chi connectivity index (χ4n) is 1.41. The van der Waals surface area contributed by atoms with Crippen LogP contribution in [0.1, 0.15) is 19.8 Å². The van der Waals surface area contributed by atoms with Gasteiger partial charge in [0.25, 0.3) is 0 Å². The molecule has 0 radical (unpaired) electrons. The first kappa shape index (κ1) is 15.3. The largest absolute Gasteiger partial charge is 0.355 e. The van der Waals surface area contributed by atoms with Gasteiger partial charge in [0.1, 0.15) is 0 Å². The van der Waals surface area contributed by atoms with Crippen LogP contribution in [0.15, 0.2) is 29.2 Å². The van der Waals surface area contributed by atoms with E-state index in [0.717, 1.165) is 17.7 Å². The summed E-state index contributed by atoms with van der Waals surface area (Å²) in [7, 11) is 0. The van der Waals surface area contributed by atoms with Crippen molar-refractivity contribution in [1.82, 2.24) is 5.32 Å². The molecule has 0 heterocycles. The zero-order valence-electron chi connectivity index (χ0n) is 10.5. The van der Waals surface area contributed by atoms with Crippen LogP contribution in [0.5, 0.6) is 0 Å². The Morgan fingerprint density at radius 2 is 2.17 bits per heavy atom. The van der Waals surface area contributed by atoms with Crippen molar-refractivity contribution in [2.45, 2.75) is 29.9 Å². The predicted molar refractivity (Wildman–Crippen MR) is 78.1 cm³/mol. The van der Waals surface area contributed by atoms with E-state index in [1.54, 1.807) is 0 Å². The number of amides is 1. The molecule has 0 aromatic heterocycles. The maximum Gasteiger partial charge on any atom is 0.233 e. The number of carbonyl (C=O) groups excluding carboxylic acids is 1. The Morgan fingerprint density at radius 1 is 1.44 bits per heavy atom. The van der Waals surface area contributed by atoms with Gasteiger partial charge in [-0.1, -0.05) is 23.7 Å². The molecule has 1 amide bonds. The van der Waals surface area contributed by atoms with E-state index in [9.17, 15) is 4.79 Å². The third-order valence-corrected chi connectivity index (χ3v) is 4.06. The highest BCUT2D eigenvalue weighted by Gasteiger charge is 2.14. The van der Waals surface area contributed by atoms with Crippen molar-refractivity contribution in [3.05, 3.63) is 29.3 Å². The molecule has 1 aromatic carbocycles. The molecule has 0 bridgehead atoms. The second-order valence-corrected chi connectivity index (χ2v) is 5.77. The molecule has 0 saturated heterocycles. The zero-order chi connectivity index (χ0) is 13.4. The number of hydrogen-bond donors (Lipinski definition) is 2. The van der Waals surface area contributed by atoms with Crippen LogP contribution in [0, 0.1) is 0 Å². The number of benzene rings is 1. The lowest BCUT2D eigenvalue weighted by Gasteiger charge is -2.12. The Balaban J connectivity index is 2.38. The average molecular weight is 287 g/mol. The van der Waals surface area contributed by atoms with E-state index < -0.39 is 0 Å². The summed E-state index contributed by atoms with van der Waals surface area (Å²) in [6.45, 7) is 3.23. The van der Waals surface area contributed by atoms with Gasteiger partial charge in [-0.05, 0) is 38.4 Å². The van der Waals surface area contributed by atoms with E-state index in [1.807, 2.05) is 31.2 Å². The Morgan fingerprint density at radius 3 is 2.83 bits per heavy atom. The normalized spacial score (nSPS) is 12.2. The van der Waals surface area contributed by atoms with Crippen LogP contribution in [-0.2, 0) is 4.79 Å². The molecule has 5 heteroatoms. The van der Waals surface area contributed by atoms with Crippen molar-refractivity contribution < 1.29 is 4.79 Å². The minimum atomic E-state index is -0.150. The van der Waals surface area contributed by atoms with Gasteiger partial charge >= 0.3 is 0 Å². The fraction of sp³-hybridized carbons (Fsp3) is 0.462. The first-order valence-electron chi connectivity index (χ1n) is 6.04. The first-order valence-corrected chi connectivity index (χ1v) is 7.30. The predicted octanol–water partition coefficient (Wildman–Crippen LogP) is 2.68. The quantitative estimate of drug-likeness (QED) is 0.598.